The van der Waals surface area contributed by atoms with Gasteiger partial charge in [0, 0.05) is 12.4 Å². The molecule has 0 aromatic carbocycles. The van der Waals surface area contributed by atoms with E-state index in [2.05, 4.69) is 20.8 Å². The molecule has 8 nitrogen and oxygen atoms in total. The zero-order chi connectivity index (χ0) is 17.9. The quantitative estimate of drug-likeness (QED) is 0.828. The molecule has 0 bridgehead atoms. The van der Waals surface area contributed by atoms with Crippen LogP contribution in [-0.4, -0.2) is 37.8 Å². The number of nitrogens with one attached hydrogen (secondary N) is 2. The van der Waals surface area contributed by atoms with Gasteiger partial charge in [-0.15, -0.1) is 0 Å². The Balaban J connectivity index is 1.94. The second-order valence-electron chi connectivity index (χ2n) is 6.09. The number of amides is 2. The summed E-state index contributed by atoms with van der Waals surface area (Å²) >= 11 is 0. The summed E-state index contributed by atoms with van der Waals surface area (Å²) < 4.78 is 27.1. The number of hydrogen-bond acceptors (Lipinski definition) is 4. The van der Waals surface area contributed by atoms with Crippen molar-refractivity contribution in [2.75, 3.05) is 10.6 Å². The maximum Gasteiger partial charge on any atom is 0.314 e. The van der Waals surface area contributed by atoms with Crippen molar-refractivity contribution in [3.8, 4) is 0 Å². The number of carbonyl (C=O) groups is 2. The second kappa shape index (κ2) is 6.77. The lowest BCUT2D eigenvalue weighted by Crippen LogP contribution is -2.29. The standard InChI is InChI=1S/C14H18F2N6O2/c1-14(2,3)22-7-10(5-18-22)20-13(24)12(23)19-9-4-17-21(6-9)8-11(15)16/h4-7,11H,8H2,1-3H3,(H,19,23)(H,20,24). The Kier molecular flexibility index (Phi) is 4.96. The highest BCUT2D eigenvalue weighted by Crippen LogP contribution is 2.15. The van der Waals surface area contributed by atoms with Crippen molar-refractivity contribution in [3.05, 3.63) is 24.8 Å². The van der Waals surface area contributed by atoms with Gasteiger partial charge in [0.25, 0.3) is 6.43 Å². The second-order valence-corrected chi connectivity index (χ2v) is 6.09. The fraction of sp³-hybridized carbons (Fsp3) is 0.429. The van der Waals surface area contributed by atoms with Crippen molar-refractivity contribution >= 4 is 23.2 Å². The summed E-state index contributed by atoms with van der Waals surface area (Å²) in [5, 5.41) is 12.5. The number of carbonyl (C=O) groups excluding carboxylic acids is 2. The smallest absolute Gasteiger partial charge is 0.314 e. The topological polar surface area (TPSA) is 93.8 Å². The van der Waals surface area contributed by atoms with Gasteiger partial charge >= 0.3 is 11.8 Å². The summed E-state index contributed by atoms with van der Waals surface area (Å²) in [6.45, 7) is 5.23. The predicted octanol–water partition coefficient (Wildman–Crippen LogP) is 1.68. The molecular formula is C14H18F2N6O2. The zero-order valence-electron chi connectivity index (χ0n) is 13.5. The van der Waals surface area contributed by atoms with E-state index in [0.717, 1.165) is 4.68 Å². The zero-order valence-corrected chi connectivity index (χ0v) is 13.5. The molecule has 2 aromatic rings. The van der Waals surface area contributed by atoms with Gasteiger partial charge in [-0.3, -0.25) is 19.0 Å². The number of halogens is 2. The molecule has 0 radical (unpaired) electrons. The van der Waals surface area contributed by atoms with Gasteiger partial charge < -0.3 is 10.6 Å². The first-order chi connectivity index (χ1) is 11.1. The molecule has 0 fully saturated rings. The molecule has 130 valence electrons. The van der Waals surface area contributed by atoms with Gasteiger partial charge in [0.05, 0.1) is 29.3 Å². The van der Waals surface area contributed by atoms with Gasteiger partial charge in [-0.2, -0.15) is 10.2 Å². The minimum atomic E-state index is -2.56. The Morgan fingerprint density at radius 1 is 1.08 bits per heavy atom. The van der Waals surface area contributed by atoms with E-state index in [1.165, 1.54) is 18.6 Å². The minimum absolute atomic E-state index is 0.154. The van der Waals surface area contributed by atoms with Crippen molar-refractivity contribution in [1.29, 1.82) is 0 Å². The molecule has 0 aliphatic carbocycles. The summed E-state index contributed by atoms with van der Waals surface area (Å²) in [5.41, 5.74) is 0.268. The average molecular weight is 340 g/mol. The molecule has 0 unspecified atom stereocenters. The van der Waals surface area contributed by atoms with Crippen LogP contribution >= 0.6 is 0 Å². The van der Waals surface area contributed by atoms with E-state index in [1.54, 1.807) is 10.9 Å². The molecule has 2 N–H and O–H groups in total. The fourth-order valence-corrected chi connectivity index (χ4v) is 1.80. The molecule has 0 saturated heterocycles. The van der Waals surface area contributed by atoms with Crippen LogP contribution < -0.4 is 10.6 Å². The minimum Gasteiger partial charge on any atom is -0.315 e. The molecule has 0 saturated carbocycles. The van der Waals surface area contributed by atoms with Crippen LogP contribution in [0.25, 0.3) is 0 Å². The average Bonchev–Trinajstić information content (AvgIpc) is 3.07. The number of aromatic nitrogens is 4. The number of hydrogen-bond donors (Lipinski definition) is 2. The van der Waals surface area contributed by atoms with Crippen LogP contribution in [0.5, 0.6) is 0 Å². The van der Waals surface area contributed by atoms with Crippen molar-refractivity contribution < 1.29 is 18.4 Å². The lowest BCUT2D eigenvalue weighted by molar-refractivity contribution is -0.133. The summed E-state index contributed by atoms with van der Waals surface area (Å²) in [4.78, 5) is 23.7. The van der Waals surface area contributed by atoms with Crippen molar-refractivity contribution in [2.24, 2.45) is 0 Å². The summed E-state index contributed by atoms with van der Waals surface area (Å²) in [6.07, 6.45) is 2.87. The predicted molar refractivity (Wildman–Crippen MR) is 82.7 cm³/mol. The van der Waals surface area contributed by atoms with E-state index >= 15 is 0 Å². The third-order valence-corrected chi connectivity index (χ3v) is 2.95. The lowest BCUT2D eigenvalue weighted by Gasteiger charge is -2.18. The first-order valence-electron chi connectivity index (χ1n) is 7.13. The molecule has 2 heterocycles. The molecule has 24 heavy (non-hydrogen) atoms. The largest absolute Gasteiger partial charge is 0.315 e. The highest BCUT2D eigenvalue weighted by Gasteiger charge is 2.18. The lowest BCUT2D eigenvalue weighted by atomic mass is 10.1. The number of anilines is 2. The Hall–Kier alpha value is -2.78. The van der Waals surface area contributed by atoms with E-state index in [-0.39, 0.29) is 11.2 Å². The van der Waals surface area contributed by atoms with E-state index in [1.807, 2.05) is 20.8 Å². The maximum atomic E-state index is 12.2. The Bertz CT molecular complexity index is 732. The van der Waals surface area contributed by atoms with Gasteiger partial charge in [0.1, 0.15) is 6.54 Å². The highest BCUT2D eigenvalue weighted by atomic mass is 19.3. The number of rotatable bonds is 4. The van der Waals surface area contributed by atoms with E-state index in [4.69, 9.17) is 0 Å². The monoisotopic (exact) mass is 340 g/mol. The molecule has 0 atom stereocenters. The van der Waals surface area contributed by atoms with Crippen LogP contribution in [-0.2, 0) is 21.7 Å². The molecule has 2 rings (SSSR count). The van der Waals surface area contributed by atoms with Crippen LogP contribution in [0.3, 0.4) is 0 Å². The van der Waals surface area contributed by atoms with Gasteiger partial charge in [-0.25, -0.2) is 8.78 Å². The van der Waals surface area contributed by atoms with Gasteiger partial charge in [-0.1, -0.05) is 0 Å². The van der Waals surface area contributed by atoms with Crippen LogP contribution in [0.4, 0.5) is 20.2 Å². The van der Waals surface area contributed by atoms with Gasteiger partial charge in [0.15, 0.2) is 0 Å². The highest BCUT2D eigenvalue weighted by molar-refractivity contribution is 6.43. The molecule has 10 heteroatoms. The van der Waals surface area contributed by atoms with Crippen LogP contribution in [0.2, 0.25) is 0 Å². The first kappa shape index (κ1) is 17.6. The molecular weight excluding hydrogens is 322 g/mol. The normalized spacial score (nSPS) is 11.6. The van der Waals surface area contributed by atoms with E-state index in [0.29, 0.717) is 5.69 Å². The number of alkyl halides is 2. The van der Waals surface area contributed by atoms with Crippen LogP contribution in [0.15, 0.2) is 24.8 Å². The van der Waals surface area contributed by atoms with Crippen LogP contribution in [0.1, 0.15) is 20.8 Å². The van der Waals surface area contributed by atoms with Gasteiger partial charge in [-0.05, 0) is 20.8 Å². The molecule has 0 aliphatic heterocycles. The summed E-state index contributed by atoms with van der Waals surface area (Å²) in [7, 11) is 0. The molecule has 0 spiro atoms. The van der Waals surface area contributed by atoms with E-state index < -0.39 is 24.8 Å². The van der Waals surface area contributed by atoms with Crippen LogP contribution in [0, 0.1) is 0 Å². The van der Waals surface area contributed by atoms with Crippen molar-refractivity contribution in [3.63, 3.8) is 0 Å². The SMILES string of the molecule is CC(C)(C)n1cc(NC(=O)C(=O)Nc2cnn(CC(F)F)c2)cn1. The fourth-order valence-electron chi connectivity index (χ4n) is 1.80. The molecule has 2 aromatic heterocycles. The summed E-state index contributed by atoms with van der Waals surface area (Å²) in [5.74, 6) is -1.83. The maximum absolute atomic E-state index is 12.2. The Morgan fingerprint density at radius 3 is 2.12 bits per heavy atom. The third kappa shape index (κ3) is 4.61. The Morgan fingerprint density at radius 2 is 1.62 bits per heavy atom. The number of nitrogens with zero attached hydrogens (tertiary/aromatic N) is 4. The molecule has 0 aliphatic rings. The van der Waals surface area contributed by atoms with Gasteiger partial charge in [0.2, 0.25) is 0 Å². The van der Waals surface area contributed by atoms with Crippen molar-refractivity contribution in [1.82, 2.24) is 19.6 Å². The van der Waals surface area contributed by atoms with Crippen molar-refractivity contribution in [2.45, 2.75) is 39.3 Å². The third-order valence-electron chi connectivity index (χ3n) is 2.95. The Labute approximate surface area is 136 Å². The molecule has 2 amide bonds. The summed E-state index contributed by atoms with van der Waals surface area (Å²) in [6, 6.07) is 0. The first-order valence-corrected chi connectivity index (χ1v) is 7.13. The van der Waals surface area contributed by atoms with E-state index in [9.17, 15) is 18.4 Å².